The van der Waals surface area contributed by atoms with Gasteiger partial charge in [0, 0.05) is 226 Å². The molecule has 0 saturated carbocycles. The van der Waals surface area contributed by atoms with Gasteiger partial charge in [0.25, 0.3) is 0 Å². The van der Waals surface area contributed by atoms with Gasteiger partial charge in [0.1, 0.15) is 0 Å². The molecule has 0 unspecified atom stereocenters. The molecule has 0 aliphatic rings. The Labute approximate surface area is 314 Å². The molecule has 0 heterocycles. The average molecular weight is 704 g/mol. The molecule has 12 heavy (non-hydrogen) atoms. The van der Waals surface area contributed by atoms with Crippen molar-refractivity contribution in [2.75, 3.05) is 0 Å². The van der Waals surface area contributed by atoms with Gasteiger partial charge in [-0.3, -0.25) is 0 Å². The fraction of sp³-hybridized carbons (Fsp3) is 1.00. The van der Waals surface area contributed by atoms with E-state index < -0.39 is 0 Å². The molecule has 0 radical (unpaired) electrons. The second-order valence-electron chi connectivity index (χ2n) is 0. The van der Waals surface area contributed by atoms with Crippen molar-refractivity contribution in [3.8, 4) is 0 Å². The SMILES string of the molecule is C.I.I.I.P=S.[Ar].[Ar].[Ar].[Ar].[Ar].[Ar]. The summed E-state index contributed by atoms with van der Waals surface area (Å²) >= 11 is 3.89. The van der Waals surface area contributed by atoms with E-state index in [4.69, 9.17) is 0 Å². The Morgan fingerprint density at radius 1 is 0.500 bits per heavy atom. The van der Waals surface area contributed by atoms with Gasteiger partial charge in [-0.15, -0.1) is 71.9 Å². The van der Waals surface area contributed by atoms with E-state index >= 15 is 0 Å². The van der Waals surface area contributed by atoms with Crippen LogP contribution >= 0.6 is 79.9 Å². The van der Waals surface area contributed by atoms with Gasteiger partial charge in [0.15, 0.2) is 0 Å². The van der Waals surface area contributed by atoms with Gasteiger partial charge in [-0.1, -0.05) is 19.2 Å². The van der Waals surface area contributed by atoms with Crippen LogP contribution in [0.25, 0.3) is 0 Å². The van der Waals surface area contributed by atoms with Gasteiger partial charge in [-0.05, 0) is 8.02 Å². The molecular weight excluding hydrogens is 695 g/mol. The largest absolute Gasteiger partial charge is 0.107 e. The topological polar surface area (TPSA) is 0 Å². The van der Waals surface area contributed by atoms with E-state index in [2.05, 4.69) is 19.8 Å². The third kappa shape index (κ3) is 71.4. The van der Waals surface area contributed by atoms with Crippen molar-refractivity contribution in [3.05, 3.63) is 0 Å². The van der Waals surface area contributed by atoms with E-state index in [1.165, 1.54) is 0 Å². The molecule has 0 N–H and O–H groups in total. The predicted molar refractivity (Wildman–Crippen MR) is 68.7 cm³/mol. The van der Waals surface area contributed by atoms with Gasteiger partial charge in [0.2, 0.25) is 0 Å². The van der Waals surface area contributed by atoms with Crippen LogP contribution in [-0.2, 0) is 11.8 Å². The molecule has 0 bridgehead atoms. The maximum Gasteiger partial charge on any atom is 0 e. The summed E-state index contributed by atoms with van der Waals surface area (Å²) in [6.45, 7) is 0. The summed E-state index contributed by atoms with van der Waals surface area (Å²) in [7, 11) is 2.56. The summed E-state index contributed by atoms with van der Waals surface area (Å²) in [6, 6.07) is 0. The van der Waals surface area contributed by atoms with Crippen molar-refractivity contribution >= 4 is 91.8 Å². The minimum Gasteiger partial charge on any atom is -0.107 e. The van der Waals surface area contributed by atoms with Crippen LogP contribution in [0.4, 0.5) is 0 Å². The summed E-state index contributed by atoms with van der Waals surface area (Å²) in [5, 5.41) is 0. The summed E-state index contributed by atoms with van der Waals surface area (Å²) in [6.07, 6.45) is 0. The fourth-order valence-electron chi connectivity index (χ4n) is 0. The van der Waals surface area contributed by atoms with E-state index in [1.54, 1.807) is 0 Å². The molecular formula is CH8Ar6I3PS. The van der Waals surface area contributed by atoms with Crippen LogP contribution in [-0.4, -0.2) is 0 Å². The van der Waals surface area contributed by atoms with Crippen LogP contribution in [0.15, 0.2) is 0 Å². The van der Waals surface area contributed by atoms with Crippen LogP contribution in [0, 0.1) is 226 Å². The maximum atomic E-state index is 3.89. The molecule has 0 aliphatic heterocycles. The van der Waals surface area contributed by atoms with E-state index in [9.17, 15) is 0 Å². The average Bonchev–Trinajstić information content (AvgIpc) is 1.00. The second kappa shape index (κ2) is 82.9. The van der Waals surface area contributed by atoms with Crippen molar-refractivity contribution in [3.63, 3.8) is 0 Å². The Balaban J connectivity index is -0.000000000111. The van der Waals surface area contributed by atoms with Gasteiger partial charge >= 0.3 is 0 Å². The Morgan fingerprint density at radius 2 is 0.500 bits per heavy atom. The van der Waals surface area contributed by atoms with E-state index in [1.807, 2.05) is 0 Å². The first-order valence-electron chi connectivity index (χ1n) is 0.204. The third-order valence-corrected chi connectivity index (χ3v) is 0. The standard InChI is InChI=1S/CH4.6Ar.3HI.HPS/c;;;;;;;;;;1-2/h1H4;;;;;;;3*1H;1H. The number of hydrogen-bond donors (Lipinski definition) is 0. The van der Waals surface area contributed by atoms with Gasteiger partial charge < -0.3 is 0 Å². The quantitative estimate of drug-likeness (QED) is 0.277. The Kier molecular flexibility index (Phi) is 548. The number of hydrogen-bond acceptors (Lipinski definition) is 1. The van der Waals surface area contributed by atoms with Crippen molar-refractivity contribution in [2.45, 2.75) is 7.43 Å². The summed E-state index contributed by atoms with van der Waals surface area (Å²) < 4.78 is 0. The smallest absolute Gasteiger partial charge is 0 e. The zero-order valence-electron chi connectivity index (χ0n) is 4.25. The van der Waals surface area contributed by atoms with Gasteiger partial charge in [-0.25, -0.2) is 0 Å². The van der Waals surface area contributed by atoms with E-state index in [0.29, 0.717) is 0 Å². The molecule has 0 nitrogen and oxygen atoms in total. The normalized spacial score (nSPS) is 0.333. The Morgan fingerprint density at radius 3 is 0.500 bits per heavy atom. The molecule has 0 rings (SSSR count). The van der Waals surface area contributed by atoms with Crippen LogP contribution in [0.1, 0.15) is 7.43 Å². The monoisotopic (exact) mass is 703 g/mol. The first-order valence-corrected chi connectivity index (χ1v) is 1.84. The molecule has 11 heteroatoms. The summed E-state index contributed by atoms with van der Waals surface area (Å²) in [5.74, 6) is 0. The summed E-state index contributed by atoms with van der Waals surface area (Å²) in [4.78, 5) is 0. The van der Waals surface area contributed by atoms with Gasteiger partial charge in [0.05, 0.1) is 0 Å². The molecule has 0 fully saturated rings. The van der Waals surface area contributed by atoms with Crippen molar-refractivity contribution in [1.29, 1.82) is 0 Å². The molecule has 0 aromatic heterocycles. The van der Waals surface area contributed by atoms with E-state index in [0.717, 1.165) is 0 Å². The third-order valence-electron chi connectivity index (χ3n) is 0. The van der Waals surface area contributed by atoms with Crippen LogP contribution in [0.5, 0.6) is 0 Å². The van der Waals surface area contributed by atoms with Crippen molar-refractivity contribution < 1.29 is 226 Å². The molecule has 0 saturated heterocycles. The van der Waals surface area contributed by atoms with Crippen molar-refractivity contribution in [1.82, 2.24) is 0 Å². The van der Waals surface area contributed by atoms with Crippen LogP contribution in [0.3, 0.4) is 0 Å². The zero-order valence-corrected chi connectivity index (χ0v) is 17.3. The first-order chi connectivity index (χ1) is 1.00. The Hall–Kier alpha value is 10.3. The number of rotatable bonds is 0. The molecule has 0 amide bonds. The minimum absolute atomic E-state index is 0. The molecule has 0 spiro atoms. The van der Waals surface area contributed by atoms with Crippen LogP contribution in [0.2, 0.25) is 0 Å². The minimum atomic E-state index is 0. The summed E-state index contributed by atoms with van der Waals surface area (Å²) in [5.41, 5.74) is 0. The first kappa shape index (κ1) is 79.3. The predicted octanol–water partition coefficient (Wildman–Crippen LogP) is 3.08. The van der Waals surface area contributed by atoms with Crippen LogP contribution < -0.4 is 0 Å². The zero-order chi connectivity index (χ0) is 2.00. The van der Waals surface area contributed by atoms with Gasteiger partial charge in [-0.2, -0.15) is 0 Å². The molecule has 92 valence electrons. The molecule has 0 atom stereocenters. The second-order valence-corrected chi connectivity index (χ2v) is 0. The fourth-order valence-corrected chi connectivity index (χ4v) is 0. The van der Waals surface area contributed by atoms with Crippen molar-refractivity contribution in [2.24, 2.45) is 0 Å². The molecule has 0 aromatic carbocycles. The number of halogens is 3. The molecule has 0 aliphatic carbocycles. The molecule has 0 aromatic rings. The maximum absolute atomic E-state index is 3.89. The Bertz CT molecular complexity index is 22.8. The van der Waals surface area contributed by atoms with E-state index in [-0.39, 0.29) is 306 Å².